The molecule has 0 atom stereocenters. The van der Waals surface area contributed by atoms with E-state index in [4.69, 9.17) is 0 Å². The van der Waals surface area contributed by atoms with Crippen molar-refractivity contribution in [2.45, 2.75) is 13.3 Å². The summed E-state index contributed by atoms with van der Waals surface area (Å²) in [5.74, 6) is 0.774. The van der Waals surface area contributed by atoms with Crippen molar-refractivity contribution in [2.75, 3.05) is 11.9 Å². The molecule has 0 radical (unpaired) electrons. The zero-order valence-electron chi connectivity index (χ0n) is 9.72. The Hall–Kier alpha value is -2.17. The van der Waals surface area contributed by atoms with Crippen LogP contribution in [0.3, 0.4) is 0 Å². The standard InChI is InChI=1S/C12H15N5/c1-2-7-13-8-14-11-5-3-10(4-6-11)12-15-9-16-17-12/h3-6,8-9H,2,7H2,1H3,(H,13,14)(H,15,16,17). The third-order valence-electron chi connectivity index (χ3n) is 2.25. The maximum Gasteiger partial charge on any atom is 0.155 e. The molecule has 0 saturated carbocycles. The molecule has 0 spiro atoms. The smallest absolute Gasteiger partial charge is 0.155 e. The molecule has 0 aliphatic carbocycles. The molecule has 2 rings (SSSR count). The highest BCUT2D eigenvalue weighted by Crippen LogP contribution is 2.16. The maximum absolute atomic E-state index is 4.19. The molecule has 0 fully saturated rings. The van der Waals surface area contributed by atoms with Crippen LogP contribution >= 0.6 is 0 Å². The molecule has 0 bridgehead atoms. The molecule has 1 heterocycles. The average molecular weight is 229 g/mol. The quantitative estimate of drug-likeness (QED) is 0.610. The van der Waals surface area contributed by atoms with Crippen molar-refractivity contribution in [1.29, 1.82) is 0 Å². The zero-order chi connectivity index (χ0) is 11.9. The van der Waals surface area contributed by atoms with Crippen LogP contribution in [0.25, 0.3) is 11.4 Å². The largest absolute Gasteiger partial charge is 0.347 e. The Balaban J connectivity index is 1.99. The number of hydrogen-bond acceptors (Lipinski definition) is 3. The van der Waals surface area contributed by atoms with Crippen molar-refractivity contribution in [3.63, 3.8) is 0 Å². The first kappa shape index (κ1) is 11.3. The number of H-pyrrole nitrogens is 1. The molecule has 2 N–H and O–H groups in total. The number of hydrogen-bond donors (Lipinski definition) is 2. The van der Waals surface area contributed by atoms with Crippen molar-refractivity contribution < 1.29 is 0 Å². The number of rotatable bonds is 5. The molecular formula is C12H15N5. The molecule has 0 aliphatic heterocycles. The Labute approximate surface area is 100 Å². The van der Waals surface area contributed by atoms with Gasteiger partial charge in [-0.15, -0.1) is 0 Å². The first-order valence-corrected chi connectivity index (χ1v) is 5.61. The Morgan fingerprint density at radius 1 is 1.35 bits per heavy atom. The summed E-state index contributed by atoms with van der Waals surface area (Å²) in [5, 5.41) is 9.76. The van der Waals surface area contributed by atoms with Gasteiger partial charge in [0, 0.05) is 17.8 Å². The van der Waals surface area contributed by atoms with Gasteiger partial charge < -0.3 is 5.32 Å². The van der Waals surface area contributed by atoms with E-state index < -0.39 is 0 Å². The second-order valence-corrected chi connectivity index (χ2v) is 3.59. The Bertz CT molecular complexity index is 458. The summed E-state index contributed by atoms with van der Waals surface area (Å²) in [6.45, 7) is 2.95. The predicted molar refractivity (Wildman–Crippen MR) is 69.1 cm³/mol. The van der Waals surface area contributed by atoms with E-state index in [0.717, 1.165) is 30.0 Å². The molecule has 1 aromatic carbocycles. The number of aromatic amines is 1. The first-order chi connectivity index (χ1) is 8.40. The minimum Gasteiger partial charge on any atom is -0.347 e. The molecule has 0 amide bonds. The Kier molecular flexibility index (Phi) is 3.85. The summed E-state index contributed by atoms with van der Waals surface area (Å²) in [5.41, 5.74) is 2.02. The van der Waals surface area contributed by atoms with E-state index in [-0.39, 0.29) is 0 Å². The monoisotopic (exact) mass is 229 g/mol. The number of nitrogens with zero attached hydrogens (tertiary/aromatic N) is 3. The summed E-state index contributed by atoms with van der Waals surface area (Å²) in [6.07, 6.45) is 4.29. The number of nitrogens with one attached hydrogen (secondary N) is 2. The van der Waals surface area contributed by atoms with Crippen molar-refractivity contribution in [3.8, 4) is 11.4 Å². The lowest BCUT2D eigenvalue weighted by molar-refractivity contribution is 0.936. The van der Waals surface area contributed by atoms with Crippen LogP contribution < -0.4 is 5.32 Å². The van der Waals surface area contributed by atoms with Crippen LogP contribution in [0.5, 0.6) is 0 Å². The van der Waals surface area contributed by atoms with E-state index in [0.29, 0.717) is 0 Å². The topological polar surface area (TPSA) is 66.0 Å². The molecule has 0 aliphatic rings. The minimum atomic E-state index is 0.774. The van der Waals surface area contributed by atoms with E-state index in [2.05, 4.69) is 32.4 Å². The summed E-state index contributed by atoms with van der Waals surface area (Å²) < 4.78 is 0. The zero-order valence-corrected chi connectivity index (χ0v) is 9.72. The van der Waals surface area contributed by atoms with Crippen LogP contribution in [0.2, 0.25) is 0 Å². The molecule has 17 heavy (non-hydrogen) atoms. The second kappa shape index (κ2) is 5.79. The van der Waals surface area contributed by atoms with Gasteiger partial charge >= 0.3 is 0 Å². The van der Waals surface area contributed by atoms with E-state index >= 15 is 0 Å². The van der Waals surface area contributed by atoms with Gasteiger partial charge in [0.25, 0.3) is 0 Å². The van der Waals surface area contributed by atoms with Crippen LogP contribution in [0.15, 0.2) is 35.6 Å². The normalized spacial score (nSPS) is 10.9. The predicted octanol–water partition coefficient (Wildman–Crippen LogP) is 2.32. The third-order valence-corrected chi connectivity index (χ3v) is 2.25. The van der Waals surface area contributed by atoms with Gasteiger partial charge in [-0.2, -0.15) is 5.10 Å². The van der Waals surface area contributed by atoms with Crippen molar-refractivity contribution in [1.82, 2.24) is 15.2 Å². The molecule has 2 aromatic rings. The van der Waals surface area contributed by atoms with Crippen molar-refractivity contribution in [2.24, 2.45) is 4.99 Å². The van der Waals surface area contributed by atoms with Gasteiger partial charge in [0.05, 0.1) is 6.34 Å². The highest BCUT2D eigenvalue weighted by molar-refractivity contribution is 5.76. The summed E-state index contributed by atoms with van der Waals surface area (Å²) >= 11 is 0. The highest BCUT2D eigenvalue weighted by Gasteiger charge is 1.99. The maximum atomic E-state index is 4.19. The van der Waals surface area contributed by atoms with Crippen LogP contribution in [0, 0.1) is 0 Å². The van der Waals surface area contributed by atoms with Gasteiger partial charge in [-0.1, -0.05) is 6.92 Å². The molecule has 0 saturated heterocycles. The van der Waals surface area contributed by atoms with Gasteiger partial charge in [-0.05, 0) is 30.7 Å². The average Bonchev–Trinajstić information content (AvgIpc) is 2.89. The van der Waals surface area contributed by atoms with E-state index in [1.165, 1.54) is 6.33 Å². The van der Waals surface area contributed by atoms with Gasteiger partial charge in [0.1, 0.15) is 6.33 Å². The van der Waals surface area contributed by atoms with Crippen molar-refractivity contribution in [3.05, 3.63) is 30.6 Å². The lowest BCUT2D eigenvalue weighted by Gasteiger charge is -2.01. The van der Waals surface area contributed by atoms with E-state index in [1.54, 1.807) is 6.34 Å². The Morgan fingerprint density at radius 3 is 2.82 bits per heavy atom. The number of aromatic nitrogens is 3. The Morgan fingerprint density at radius 2 is 2.18 bits per heavy atom. The second-order valence-electron chi connectivity index (χ2n) is 3.59. The number of aliphatic imine (C=N–C) groups is 1. The summed E-state index contributed by atoms with van der Waals surface area (Å²) in [4.78, 5) is 8.28. The first-order valence-electron chi connectivity index (χ1n) is 5.61. The van der Waals surface area contributed by atoms with Crippen LogP contribution in [-0.2, 0) is 0 Å². The van der Waals surface area contributed by atoms with E-state index in [1.807, 2.05) is 24.3 Å². The number of anilines is 1. The molecule has 5 nitrogen and oxygen atoms in total. The van der Waals surface area contributed by atoms with E-state index in [9.17, 15) is 0 Å². The molecule has 1 aromatic heterocycles. The van der Waals surface area contributed by atoms with Crippen molar-refractivity contribution >= 4 is 12.0 Å². The fraction of sp³-hybridized carbons (Fsp3) is 0.250. The molecule has 0 unspecified atom stereocenters. The third kappa shape index (κ3) is 3.14. The fourth-order valence-electron chi connectivity index (χ4n) is 1.38. The van der Waals surface area contributed by atoms with Gasteiger partial charge in [-0.3, -0.25) is 10.1 Å². The lowest BCUT2D eigenvalue weighted by atomic mass is 10.2. The number of benzene rings is 1. The van der Waals surface area contributed by atoms with Crippen LogP contribution in [-0.4, -0.2) is 28.1 Å². The highest BCUT2D eigenvalue weighted by atomic mass is 15.2. The molecular weight excluding hydrogens is 214 g/mol. The SMILES string of the molecule is CCCN=CNc1ccc(-c2ncn[nH]2)cc1. The fourth-order valence-corrected chi connectivity index (χ4v) is 1.38. The van der Waals surface area contributed by atoms with Crippen LogP contribution in [0.4, 0.5) is 5.69 Å². The minimum absolute atomic E-state index is 0.774. The summed E-state index contributed by atoms with van der Waals surface area (Å²) in [7, 11) is 0. The summed E-state index contributed by atoms with van der Waals surface area (Å²) in [6, 6.07) is 7.93. The van der Waals surface area contributed by atoms with Crippen LogP contribution in [0.1, 0.15) is 13.3 Å². The van der Waals surface area contributed by atoms with Gasteiger partial charge in [-0.25, -0.2) is 4.98 Å². The molecule has 5 heteroatoms. The molecule has 88 valence electrons. The van der Waals surface area contributed by atoms with Gasteiger partial charge in [0.2, 0.25) is 0 Å². The lowest BCUT2D eigenvalue weighted by Crippen LogP contribution is -1.95. The van der Waals surface area contributed by atoms with Gasteiger partial charge in [0.15, 0.2) is 5.82 Å².